The first-order valence-corrected chi connectivity index (χ1v) is 7.64. The summed E-state index contributed by atoms with van der Waals surface area (Å²) >= 11 is 0. The Bertz CT molecular complexity index is 436. The number of rotatable bonds is 5. The van der Waals surface area contributed by atoms with Gasteiger partial charge in [-0.25, -0.2) is 0 Å². The average Bonchev–Trinajstić information content (AvgIpc) is 2.46. The minimum atomic E-state index is -0.00960. The van der Waals surface area contributed by atoms with E-state index in [0.29, 0.717) is 12.6 Å². The van der Waals surface area contributed by atoms with E-state index in [1.54, 1.807) is 0 Å². The molecule has 0 heterocycles. The fourth-order valence-electron chi connectivity index (χ4n) is 2.88. The van der Waals surface area contributed by atoms with Crippen molar-refractivity contribution in [3.8, 4) is 0 Å². The van der Waals surface area contributed by atoms with Crippen LogP contribution in [-0.4, -0.2) is 18.6 Å². The number of nitrogens with one attached hydrogen (secondary N) is 1. The van der Waals surface area contributed by atoms with E-state index in [-0.39, 0.29) is 11.9 Å². The molecule has 0 aliphatic heterocycles. The van der Waals surface area contributed by atoms with Gasteiger partial charge in [-0.15, -0.1) is 0 Å². The topological polar surface area (TPSA) is 38.3 Å². The molecule has 0 aromatic heterocycles. The molecule has 1 aliphatic carbocycles. The fraction of sp³-hybridized carbons (Fsp3) is 0.588. The smallest absolute Gasteiger partial charge is 0.308 e. The van der Waals surface area contributed by atoms with Gasteiger partial charge in [0.25, 0.3) is 0 Å². The van der Waals surface area contributed by atoms with Gasteiger partial charge in [-0.3, -0.25) is 4.79 Å². The Morgan fingerprint density at radius 1 is 1.30 bits per heavy atom. The molecule has 3 nitrogen and oxygen atoms in total. The van der Waals surface area contributed by atoms with Gasteiger partial charge >= 0.3 is 5.97 Å². The minimum Gasteiger partial charge on any atom is -0.466 e. The molecule has 1 N–H and O–H groups in total. The summed E-state index contributed by atoms with van der Waals surface area (Å²) in [5.74, 6) is 0.108. The second kappa shape index (κ2) is 7.44. The zero-order valence-electron chi connectivity index (χ0n) is 12.5. The van der Waals surface area contributed by atoms with E-state index in [0.717, 1.165) is 32.2 Å². The molecule has 3 heteroatoms. The van der Waals surface area contributed by atoms with Crippen LogP contribution >= 0.6 is 0 Å². The van der Waals surface area contributed by atoms with E-state index in [9.17, 15) is 4.79 Å². The lowest BCUT2D eigenvalue weighted by Crippen LogP contribution is -2.35. The van der Waals surface area contributed by atoms with E-state index >= 15 is 0 Å². The van der Waals surface area contributed by atoms with Gasteiger partial charge in [0.05, 0.1) is 12.5 Å². The Balaban J connectivity index is 1.73. The number of benzene rings is 1. The standard InChI is InChI=1S/C17H25NO2/c1-3-20-17(19)15-7-9-16(10-8-15)18-12-14-6-4-5-13(2)11-14/h4-6,11,15-16,18H,3,7-10,12H2,1-2H3. The Kier molecular flexibility index (Phi) is 5.60. The van der Waals surface area contributed by atoms with Crippen LogP contribution in [0.5, 0.6) is 0 Å². The summed E-state index contributed by atoms with van der Waals surface area (Å²) in [5.41, 5.74) is 2.63. The van der Waals surface area contributed by atoms with Crippen LogP contribution < -0.4 is 5.32 Å². The molecule has 0 saturated heterocycles. The number of esters is 1. The summed E-state index contributed by atoms with van der Waals surface area (Å²) in [5, 5.41) is 3.60. The average molecular weight is 275 g/mol. The normalized spacial score (nSPS) is 22.5. The van der Waals surface area contributed by atoms with Gasteiger partial charge in [-0.05, 0) is 45.1 Å². The molecule has 1 aliphatic rings. The number of hydrogen-bond acceptors (Lipinski definition) is 3. The molecule has 110 valence electrons. The van der Waals surface area contributed by atoms with Crippen LogP contribution in [0.3, 0.4) is 0 Å². The summed E-state index contributed by atoms with van der Waals surface area (Å²) in [6, 6.07) is 9.13. The Morgan fingerprint density at radius 2 is 2.05 bits per heavy atom. The van der Waals surface area contributed by atoms with Gasteiger partial charge in [0, 0.05) is 12.6 Å². The quantitative estimate of drug-likeness (QED) is 0.839. The van der Waals surface area contributed by atoms with Crippen molar-refractivity contribution in [2.45, 2.75) is 52.1 Å². The summed E-state index contributed by atoms with van der Waals surface area (Å²) in [6.45, 7) is 5.39. The first kappa shape index (κ1) is 15.0. The first-order chi connectivity index (χ1) is 9.69. The van der Waals surface area contributed by atoms with Gasteiger partial charge in [-0.1, -0.05) is 29.8 Å². The molecular weight excluding hydrogens is 250 g/mol. The maximum absolute atomic E-state index is 11.7. The molecular formula is C17H25NO2. The van der Waals surface area contributed by atoms with E-state index in [1.165, 1.54) is 11.1 Å². The van der Waals surface area contributed by atoms with Crippen LogP contribution in [0.25, 0.3) is 0 Å². The minimum absolute atomic E-state index is 0.00960. The number of carbonyl (C=O) groups is 1. The SMILES string of the molecule is CCOC(=O)C1CCC(NCc2cccc(C)c2)CC1. The third-order valence-electron chi connectivity index (χ3n) is 4.02. The highest BCUT2D eigenvalue weighted by molar-refractivity contribution is 5.72. The zero-order chi connectivity index (χ0) is 14.4. The third kappa shape index (κ3) is 4.34. The molecule has 0 spiro atoms. The predicted octanol–water partition coefficient (Wildman–Crippen LogP) is 3.21. The van der Waals surface area contributed by atoms with E-state index in [4.69, 9.17) is 4.74 Å². The lowest BCUT2D eigenvalue weighted by atomic mass is 9.86. The summed E-state index contributed by atoms with van der Waals surface area (Å²) in [6.07, 6.45) is 4.03. The molecule has 2 rings (SSSR count). The molecule has 0 atom stereocenters. The van der Waals surface area contributed by atoms with Crippen molar-refractivity contribution >= 4 is 5.97 Å². The van der Waals surface area contributed by atoms with Crippen LogP contribution in [0.15, 0.2) is 24.3 Å². The number of ether oxygens (including phenoxy) is 1. The summed E-state index contributed by atoms with van der Waals surface area (Å²) < 4.78 is 5.10. The van der Waals surface area contributed by atoms with Gasteiger partial charge in [0.2, 0.25) is 0 Å². The van der Waals surface area contributed by atoms with Crippen molar-refractivity contribution in [2.24, 2.45) is 5.92 Å². The summed E-state index contributed by atoms with van der Waals surface area (Å²) in [4.78, 5) is 11.7. The maximum atomic E-state index is 11.7. The summed E-state index contributed by atoms with van der Waals surface area (Å²) in [7, 11) is 0. The largest absolute Gasteiger partial charge is 0.466 e. The van der Waals surface area contributed by atoms with Gasteiger partial charge in [-0.2, -0.15) is 0 Å². The Morgan fingerprint density at radius 3 is 2.70 bits per heavy atom. The van der Waals surface area contributed by atoms with Crippen molar-refractivity contribution in [1.82, 2.24) is 5.32 Å². The Hall–Kier alpha value is -1.35. The highest BCUT2D eigenvalue weighted by atomic mass is 16.5. The first-order valence-electron chi connectivity index (χ1n) is 7.64. The number of carbonyl (C=O) groups excluding carboxylic acids is 1. The van der Waals surface area contributed by atoms with Gasteiger partial charge < -0.3 is 10.1 Å². The van der Waals surface area contributed by atoms with Crippen LogP contribution in [-0.2, 0) is 16.1 Å². The number of aryl methyl sites for hydroxylation is 1. The monoisotopic (exact) mass is 275 g/mol. The highest BCUT2D eigenvalue weighted by Gasteiger charge is 2.26. The third-order valence-corrected chi connectivity index (χ3v) is 4.02. The van der Waals surface area contributed by atoms with Crippen molar-refractivity contribution in [3.05, 3.63) is 35.4 Å². The van der Waals surface area contributed by atoms with Gasteiger partial charge in [0.1, 0.15) is 0 Å². The molecule has 20 heavy (non-hydrogen) atoms. The molecule has 0 bridgehead atoms. The number of hydrogen-bond donors (Lipinski definition) is 1. The van der Waals surface area contributed by atoms with Crippen LogP contribution in [0.4, 0.5) is 0 Å². The molecule has 0 radical (unpaired) electrons. The van der Waals surface area contributed by atoms with Crippen molar-refractivity contribution in [1.29, 1.82) is 0 Å². The highest BCUT2D eigenvalue weighted by Crippen LogP contribution is 2.25. The molecule has 0 unspecified atom stereocenters. The molecule has 1 saturated carbocycles. The second-order valence-electron chi connectivity index (χ2n) is 5.67. The van der Waals surface area contributed by atoms with Crippen molar-refractivity contribution < 1.29 is 9.53 Å². The molecule has 1 aromatic rings. The zero-order valence-corrected chi connectivity index (χ0v) is 12.5. The lowest BCUT2D eigenvalue weighted by molar-refractivity contribution is -0.149. The lowest BCUT2D eigenvalue weighted by Gasteiger charge is -2.28. The van der Waals surface area contributed by atoms with Crippen LogP contribution in [0.2, 0.25) is 0 Å². The van der Waals surface area contributed by atoms with Crippen molar-refractivity contribution in [2.75, 3.05) is 6.61 Å². The van der Waals surface area contributed by atoms with Crippen LogP contribution in [0.1, 0.15) is 43.7 Å². The predicted molar refractivity (Wildman–Crippen MR) is 80.4 cm³/mol. The fourth-order valence-corrected chi connectivity index (χ4v) is 2.88. The van der Waals surface area contributed by atoms with E-state index in [1.807, 2.05) is 6.92 Å². The van der Waals surface area contributed by atoms with Crippen molar-refractivity contribution in [3.63, 3.8) is 0 Å². The second-order valence-corrected chi connectivity index (χ2v) is 5.67. The Labute approximate surface area is 121 Å². The van der Waals surface area contributed by atoms with E-state index in [2.05, 4.69) is 36.5 Å². The molecule has 0 amide bonds. The molecule has 1 fully saturated rings. The van der Waals surface area contributed by atoms with E-state index < -0.39 is 0 Å². The maximum Gasteiger partial charge on any atom is 0.308 e. The van der Waals surface area contributed by atoms with Crippen LogP contribution in [0, 0.1) is 12.8 Å². The van der Waals surface area contributed by atoms with Gasteiger partial charge in [0.15, 0.2) is 0 Å². The molecule has 1 aromatic carbocycles.